The normalized spacial score (nSPS) is 10.5. The summed E-state index contributed by atoms with van der Waals surface area (Å²) in [5.41, 5.74) is 2.28. The zero-order valence-electron chi connectivity index (χ0n) is 12.3. The number of aryl methyl sites for hydroxylation is 4. The Morgan fingerprint density at radius 3 is 2.38 bits per heavy atom. The molecule has 0 aliphatic rings. The molecule has 1 amide bonds. The van der Waals surface area contributed by atoms with Crippen LogP contribution < -0.4 is 5.32 Å². The van der Waals surface area contributed by atoms with Crippen molar-refractivity contribution in [2.75, 3.05) is 5.32 Å². The second-order valence-corrected chi connectivity index (χ2v) is 4.91. The van der Waals surface area contributed by atoms with Crippen molar-refractivity contribution in [1.29, 1.82) is 0 Å². The summed E-state index contributed by atoms with van der Waals surface area (Å²) in [6, 6.07) is 3.32. The molecule has 0 fully saturated rings. The molecule has 0 aliphatic carbocycles. The second-order valence-electron chi connectivity index (χ2n) is 4.91. The largest absolute Gasteiger partial charge is 0.478 e. The van der Waals surface area contributed by atoms with E-state index in [9.17, 15) is 14.7 Å². The molecule has 1 aromatic heterocycles. The van der Waals surface area contributed by atoms with E-state index < -0.39 is 11.9 Å². The van der Waals surface area contributed by atoms with Crippen LogP contribution in [0.3, 0.4) is 0 Å². The maximum absolute atomic E-state index is 12.2. The van der Waals surface area contributed by atoms with Gasteiger partial charge in [-0.2, -0.15) is 0 Å². The summed E-state index contributed by atoms with van der Waals surface area (Å²) < 4.78 is 5.24. The third kappa shape index (κ3) is 2.94. The van der Waals surface area contributed by atoms with E-state index in [1.165, 1.54) is 6.07 Å². The van der Waals surface area contributed by atoms with Crippen molar-refractivity contribution in [3.8, 4) is 0 Å². The lowest BCUT2D eigenvalue weighted by atomic mass is 10.0. The average Bonchev–Trinajstić information content (AvgIpc) is 2.71. The van der Waals surface area contributed by atoms with Gasteiger partial charge in [0.05, 0.1) is 16.9 Å². The Hall–Kier alpha value is -2.63. The standard InChI is InChI=1S/C15H16N2O4/c1-7-5-8(2)12(11(6-7)15(19)20)17-14(18)13-9(3)16-10(4)21-13/h5-6H,1-4H3,(H,17,18)(H,19,20). The smallest absolute Gasteiger partial charge is 0.337 e. The lowest BCUT2D eigenvalue weighted by Gasteiger charge is -2.12. The van der Waals surface area contributed by atoms with E-state index in [0.717, 1.165) is 5.56 Å². The Morgan fingerprint density at radius 2 is 1.86 bits per heavy atom. The van der Waals surface area contributed by atoms with Gasteiger partial charge < -0.3 is 14.8 Å². The second kappa shape index (κ2) is 5.40. The summed E-state index contributed by atoms with van der Waals surface area (Å²) in [5, 5.41) is 11.9. The maximum atomic E-state index is 12.2. The first-order valence-corrected chi connectivity index (χ1v) is 6.39. The number of carbonyl (C=O) groups is 2. The van der Waals surface area contributed by atoms with Gasteiger partial charge in [0.2, 0.25) is 5.76 Å². The first-order chi connectivity index (χ1) is 9.79. The Labute approximate surface area is 121 Å². The van der Waals surface area contributed by atoms with Crippen LogP contribution in [0.4, 0.5) is 5.69 Å². The topological polar surface area (TPSA) is 92.4 Å². The van der Waals surface area contributed by atoms with E-state index in [1.807, 2.05) is 0 Å². The van der Waals surface area contributed by atoms with Crippen LogP contribution in [0.1, 0.15) is 43.6 Å². The summed E-state index contributed by atoms with van der Waals surface area (Å²) >= 11 is 0. The highest BCUT2D eigenvalue weighted by atomic mass is 16.4. The number of carboxylic acid groups (broad SMARTS) is 1. The van der Waals surface area contributed by atoms with Crippen LogP contribution in [0.2, 0.25) is 0 Å². The van der Waals surface area contributed by atoms with Crippen molar-refractivity contribution in [2.45, 2.75) is 27.7 Å². The molecule has 0 saturated carbocycles. The molecular formula is C15H16N2O4. The number of anilines is 1. The van der Waals surface area contributed by atoms with Gasteiger partial charge in [-0.15, -0.1) is 0 Å². The van der Waals surface area contributed by atoms with Crippen LogP contribution >= 0.6 is 0 Å². The van der Waals surface area contributed by atoms with Crippen molar-refractivity contribution < 1.29 is 19.1 Å². The summed E-state index contributed by atoms with van der Waals surface area (Å²) in [6.07, 6.45) is 0. The maximum Gasteiger partial charge on any atom is 0.337 e. The van der Waals surface area contributed by atoms with Crippen molar-refractivity contribution >= 4 is 17.6 Å². The predicted octanol–water partition coefficient (Wildman–Crippen LogP) is 2.86. The van der Waals surface area contributed by atoms with Gasteiger partial charge in [-0.1, -0.05) is 6.07 Å². The molecule has 0 saturated heterocycles. The molecule has 0 bridgehead atoms. The van der Waals surface area contributed by atoms with Gasteiger partial charge in [0.1, 0.15) is 0 Å². The molecule has 21 heavy (non-hydrogen) atoms. The number of nitrogens with one attached hydrogen (secondary N) is 1. The zero-order chi connectivity index (χ0) is 15.7. The number of aromatic nitrogens is 1. The molecule has 1 heterocycles. The van der Waals surface area contributed by atoms with Crippen molar-refractivity contribution in [3.05, 3.63) is 46.2 Å². The zero-order valence-corrected chi connectivity index (χ0v) is 12.3. The van der Waals surface area contributed by atoms with Gasteiger partial charge in [0, 0.05) is 6.92 Å². The van der Waals surface area contributed by atoms with Crippen LogP contribution in [-0.2, 0) is 0 Å². The van der Waals surface area contributed by atoms with E-state index in [0.29, 0.717) is 17.1 Å². The molecule has 2 aromatic rings. The van der Waals surface area contributed by atoms with Crippen LogP contribution in [0.15, 0.2) is 16.5 Å². The number of oxazole rings is 1. The number of carbonyl (C=O) groups excluding carboxylic acids is 1. The van der Waals surface area contributed by atoms with Crippen LogP contribution in [0, 0.1) is 27.7 Å². The summed E-state index contributed by atoms with van der Waals surface area (Å²) in [7, 11) is 0. The van der Waals surface area contributed by atoms with E-state index >= 15 is 0 Å². The molecule has 0 radical (unpaired) electrons. The average molecular weight is 288 g/mol. The highest BCUT2D eigenvalue weighted by Gasteiger charge is 2.20. The van der Waals surface area contributed by atoms with E-state index in [-0.39, 0.29) is 17.0 Å². The van der Waals surface area contributed by atoms with Crippen molar-refractivity contribution in [1.82, 2.24) is 4.98 Å². The number of carboxylic acids is 1. The van der Waals surface area contributed by atoms with Gasteiger partial charge in [-0.3, -0.25) is 4.79 Å². The highest BCUT2D eigenvalue weighted by molar-refractivity contribution is 6.07. The third-order valence-corrected chi connectivity index (χ3v) is 3.06. The van der Waals surface area contributed by atoms with Gasteiger partial charge in [0.15, 0.2) is 5.89 Å². The predicted molar refractivity (Wildman–Crippen MR) is 76.8 cm³/mol. The fourth-order valence-corrected chi connectivity index (χ4v) is 2.21. The quantitative estimate of drug-likeness (QED) is 0.906. The first-order valence-electron chi connectivity index (χ1n) is 6.39. The lowest BCUT2D eigenvalue weighted by Crippen LogP contribution is -2.16. The minimum atomic E-state index is -1.09. The molecule has 2 rings (SSSR count). The number of hydrogen-bond acceptors (Lipinski definition) is 4. The van der Waals surface area contributed by atoms with E-state index in [2.05, 4.69) is 10.3 Å². The molecule has 110 valence electrons. The van der Waals surface area contributed by atoms with Crippen LogP contribution in [0.5, 0.6) is 0 Å². The monoisotopic (exact) mass is 288 g/mol. The molecule has 0 spiro atoms. The fraction of sp³-hybridized carbons (Fsp3) is 0.267. The molecule has 6 nitrogen and oxygen atoms in total. The Bertz CT molecular complexity index is 732. The molecular weight excluding hydrogens is 272 g/mol. The van der Waals surface area contributed by atoms with Gasteiger partial charge >= 0.3 is 5.97 Å². The third-order valence-electron chi connectivity index (χ3n) is 3.06. The van der Waals surface area contributed by atoms with Crippen molar-refractivity contribution in [2.24, 2.45) is 0 Å². The molecule has 6 heteroatoms. The molecule has 0 aliphatic heterocycles. The minimum Gasteiger partial charge on any atom is -0.478 e. The first kappa shape index (κ1) is 14.8. The van der Waals surface area contributed by atoms with Crippen molar-refractivity contribution in [3.63, 3.8) is 0 Å². The number of nitrogens with zero attached hydrogens (tertiary/aromatic N) is 1. The molecule has 1 aromatic carbocycles. The summed E-state index contributed by atoms with van der Waals surface area (Å²) in [6.45, 7) is 6.84. The van der Waals surface area contributed by atoms with E-state index in [1.54, 1.807) is 33.8 Å². The number of aromatic carboxylic acids is 1. The highest BCUT2D eigenvalue weighted by Crippen LogP contribution is 2.24. The molecule has 0 unspecified atom stereocenters. The van der Waals surface area contributed by atoms with Gasteiger partial charge in [-0.05, 0) is 38.0 Å². The van der Waals surface area contributed by atoms with E-state index in [4.69, 9.17) is 4.42 Å². The molecule has 2 N–H and O–H groups in total. The lowest BCUT2D eigenvalue weighted by molar-refractivity contribution is 0.0698. The SMILES string of the molecule is Cc1cc(C)c(NC(=O)c2oc(C)nc2C)c(C(=O)O)c1. The summed E-state index contributed by atoms with van der Waals surface area (Å²) in [4.78, 5) is 27.6. The number of amides is 1. The number of benzene rings is 1. The Kier molecular flexibility index (Phi) is 3.80. The van der Waals surface area contributed by atoms with Gasteiger partial charge in [0.25, 0.3) is 5.91 Å². The summed E-state index contributed by atoms with van der Waals surface area (Å²) in [5.74, 6) is -1.13. The van der Waals surface area contributed by atoms with Crippen LogP contribution in [-0.4, -0.2) is 22.0 Å². The number of hydrogen-bond donors (Lipinski definition) is 2. The Balaban J connectivity index is 2.42. The number of rotatable bonds is 3. The Morgan fingerprint density at radius 1 is 1.19 bits per heavy atom. The molecule has 0 atom stereocenters. The van der Waals surface area contributed by atoms with Crippen LogP contribution in [0.25, 0.3) is 0 Å². The fourth-order valence-electron chi connectivity index (χ4n) is 2.21. The minimum absolute atomic E-state index is 0.0507. The van der Waals surface area contributed by atoms with Gasteiger partial charge in [-0.25, -0.2) is 9.78 Å².